The van der Waals surface area contributed by atoms with Gasteiger partial charge in [-0.3, -0.25) is 4.98 Å². The summed E-state index contributed by atoms with van der Waals surface area (Å²) in [6.07, 6.45) is 3.67. The second-order valence-corrected chi connectivity index (χ2v) is 4.76. The van der Waals surface area contributed by atoms with Gasteiger partial charge in [0.2, 0.25) is 0 Å². The van der Waals surface area contributed by atoms with Gasteiger partial charge in [0.05, 0.1) is 6.10 Å². The first-order valence-corrected chi connectivity index (χ1v) is 6.16. The van der Waals surface area contributed by atoms with Gasteiger partial charge in [0.1, 0.15) is 0 Å². The highest BCUT2D eigenvalue weighted by Crippen LogP contribution is 2.22. The Balaban J connectivity index is 2.15. The van der Waals surface area contributed by atoms with E-state index in [1.165, 1.54) is 0 Å². The number of pyridine rings is 1. The first-order valence-electron chi connectivity index (χ1n) is 5.09. The standard InChI is InChI=1S/C13H12INO/c14-12-4-2-1-3-11(12)13(16)9-10-5-7-15-8-6-10/h1-8,13,16H,9H2. The zero-order chi connectivity index (χ0) is 11.4. The molecule has 1 aromatic carbocycles. The van der Waals surface area contributed by atoms with Gasteiger partial charge in [0.15, 0.2) is 0 Å². The molecule has 2 rings (SSSR count). The van der Waals surface area contributed by atoms with Crippen molar-refractivity contribution in [2.75, 3.05) is 0 Å². The van der Waals surface area contributed by atoms with Crippen LogP contribution in [-0.4, -0.2) is 10.1 Å². The first kappa shape index (κ1) is 11.5. The molecule has 16 heavy (non-hydrogen) atoms. The van der Waals surface area contributed by atoms with Crippen LogP contribution in [0.5, 0.6) is 0 Å². The molecule has 2 aromatic rings. The van der Waals surface area contributed by atoms with Crippen molar-refractivity contribution in [3.8, 4) is 0 Å². The number of benzene rings is 1. The lowest BCUT2D eigenvalue weighted by Gasteiger charge is -2.12. The molecule has 1 aromatic heterocycles. The van der Waals surface area contributed by atoms with Crippen LogP contribution in [0.2, 0.25) is 0 Å². The molecule has 82 valence electrons. The minimum Gasteiger partial charge on any atom is -0.388 e. The second kappa shape index (κ2) is 5.41. The maximum absolute atomic E-state index is 10.1. The molecular formula is C13H12INO. The van der Waals surface area contributed by atoms with Crippen molar-refractivity contribution in [2.24, 2.45) is 0 Å². The van der Waals surface area contributed by atoms with Crippen LogP contribution in [0.3, 0.4) is 0 Å². The molecule has 1 heterocycles. The summed E-state index contributed by atoms with van der Waals surface area (Å²) in [6.45, 7) is 0. The highest BCUT2D eigenvalue weighted by Gasteiger charge is 2.10. The van der Waals surface area contributed by atoms with Gasteiger partial charge in [-0.2, -0.15) is 0 Å². The number of rotatable bonds is 3. The number of halogens is 1. The largest absolute Gasteiger partial charge is 0.388 e. The summed E-state index contributed by atoms with van der Waals surface area (Å²) in [5.74, 6) is 0. The van der Waals surface area contributed by atoms with Gasteiger partial charge in [-0.15, -0.1) is 0 Å². The second-order valence-electron chi connectivity index (χ2n) is 3.60. The molecule has 0 fully saturated rings. The fourth-order valence-electron chi connectivity index (χ4n) is 1.60. The SMILES string of the molecule is OC(Cc1ccncc1)c1ccccc1I. The predicted molar refractivity (Wildman–Crippen MR) is 72.1 cm³/mol. The van der Waals surface area contributed by atoms with E-state index in [2.05, 4.69) is 27.6 Å². The fraction of sp³-hybridized carbons (Fsp3) is 0.154. The Bertz CT molecular complexity index is 458. The molecular weight excluding hydrogens is 313 g/mol. The molecule has 1 N–H and O–H groups in total. The highest BCUT2D eigenvalue weighted by molar-refractivity contribution is 14.1. The Morgan fingerprint density at radius 1 is 1.12 bits per heavy atom. The summed E-state index contributed by atoms with van der Waals surface area (Å²) < 4.78 is 1.10. The lowest BCUT2D eigenvalue weighted by atomic mass is 10.0. The zero-order valence-electron chi connectivity index (χ0n) is 8.68. The molecule has 0 aliphatic heterocycles. The molecule has 0 bridgehead atoms. The quantitative estimate of drug-likeness (QED) is 0.880. The molecule has 0 saturated carbocycles. The van der Waals surface area contributed by atoms with Gasteiger partial charge in [-0.1, -0.05) is 18.2 Å². The van der Waals surface area contributed by atoms with Crippen LogP contribution in [0.15, 0.2) is 48.8 Å². The monoisotopic (exact) mass is 325 g/mol. The van der Waals surface area contributed by atoms with E-state index in [1.807, 2.05) is 36.4 Å². The van der Waals surface area contributed by atoms with Crippen molar-refractivity contribution >= 4 is 22.6 Å². The third-order valence-electron chi connectivity index (χ3n) is 2.44. The van der Waals surface area contributed by atoms with E-state index < -0.39 is 6.10 Å². The maximum atomic E-state index is 10.1. The third-order valence-corrected chi connectivity index (χ3v) is 3.43. The highest BCUT2D eigenvalue weighted by atomic mass is 127. The van der Waals surface area contributed by atoms with Crippen LogP contribution >= 0.6 is 22.6 Å². The summed E-state index contributed by atoms with van der Waals surface area (Å²) in [5, 5.41) is 10.1. The molecule has 0 amide bonds. The molecule has 2 nitrogen and oxygen atoms in total. The van der Waals surface area contributed by atoms with E-state index in [-0.39, 0.29) is 0 Å². The minimum absolute atomic E-state index is 0.449. The average Bonchev–Trinajstić information content (AvgIpc) is 2.31. The van der Waals surface area contributed by atoms with Crippen molar-refractivity contribution in [3.63, 3.8) is 0 Å². The molecule has 1 unspecified atom stereocenters. The Kier molecular flexibility index (Phi) is 3.90. The minimum atomic E-state index is -0.449. The molecule has 0 saturated heterocycles. The Morgan fingerprint density at radius 3 is 2.50 bits per heavy atom. The predicted octanol–water partition coefficient (Wildman–Crippen LogP) is 2.96. The van der Waals surface area contributed by atoms with E-state index in [0.29, 0.717) is 6.42 Å². The summed E-state index contributed by atoms with van der Waals surface area (Å²) in [6, 6.07) is 11.8. The Labute approximate surface area is 108 Å². The number of nitrogens with zero attached hydrogens (tertiary/aromatic N) is 1. The van der Waals surface area contributed by atoms with Gasteiger partial charge in [-0.05, 0) is 51.9 Å². The number of aliphatic hydroxyl groups excluding tert-OH is 1. The van der Waals surface area contributed by atoms with E-state index in [0.717, 1.165) is 14.7 Å². The van der Waals surface area contributed by atoms with Gasteiger partial charge < -0.3 is 5.11 Å². The van der Waals surface area contributed by atoms with E-state index in [1.54, 1.807) is 12.4 Å². The van der Waals surface area contributed by atoms with Crippen LogP contribution in [-0.2, 0) is 6.42 Å². The summed E-state index contributed by atoms with van der Waals surface area (Å²) in [5.41, 5.74) is 2.09. The van der Waals surface area contributed by atoms with Gasteiger partial charge in [0.25, 0.3) is 0 Å². The van der Waals surface area contributed by atoms with Gasteiger partial charge in [-0.25, -0.2) is 0 Å². The van der Waals surface area contributed by atoms with Gasteiger partial charge in [0, 0.05) is 22.4 Å². The lowest BCUT2D eigenvalue weighted by Crippen LogP contribution is -2.03. The van der Waals surface area contributed by atoms with Crippen molar-refractivity contribution in [1.82, 2.24) is 4.98 Å². The lowest BCUT2D eigenvalue weighted by molar-refractivity contribution is 0.177. The van der Waals surface area contributed by atoms with Crippen molar-refractivity contribution in [3.05, 3.63) is 63.5 Å². The smallest absolute Gasteiger partial charge is 0.0840 e. The maximum Gasteiger partial charge on any atom is 0.0840 e. The normalized spacial score (nSPS) is 12.4. The van der Waals surface area contributed by atoms with Crippen molar-refractivity contribution < 1.29 is 5.11 Å². The molecule has 0 radical (unpaired) electrons. The molecule has 0 aliphatic carbocycles. The fourth-order valence-corrected chi connectivity index (χ4v) is 2.34. The molecule has 0 spiro atoms. The third kappa shape index (κ3) is 2.80. The van der Waals surface area contributed by atoms with Crippen LogP contribution in [0.25, 0.3) is 0 Å². The zero-order valence-corrected chi connectivity index (χ0v) is 10.8. The van der Waals surface area contributed by atoms with Crippen molar-refractivity contribution in [1.29, 1.82) is 0 Å². The van der Waals surface area contributed by atoms with E-state index in [4.69, 9.17) is 0 Å². The summed E-state index contributed by atoms with van der Waals surface area (Å²) in [7, 11) is 0. The first-order chi connectivity index (χ1) is 7.77. The Morgan fingerprint density at radius 2 is 1.81 bits per heavy atom. The topological polar surface area (TPSA) is 33.1 Å². The number of hydrogen-bond acceptors (Lipinski definition) is 2. The molecule has 3 heteroatoms. The van der Waals surface area contributed by atoms with E-state index >= 15 is 0 Å². The molecule has 1 atom stereocenters. The van der Waals surface area contributed by atoms with Crippen molar-refractivity contribution in [2.45, 2.75) is 12.5 Å². The number of hydrogen-bond donors (Lipinski definition) is 1. The van der Waals surface area contributed by atoms with Crippen LogP contribution in [0.4, 0.5) is 0 Å². The van der Waals surface area contributed by atoms with Crippen LogP contribution in [0.1, 0.15) is 17.2 Å². The summed E-state index contributed by atoms with van der Waals surface area (Å²) >= 11 is 2.25. The average molecular weight is 325 g/mol. The van der Waals surface area contributed by atoms with Gasteiger partial charge >= 0.3 is 0 Å². The number of aliphatic hydroxyl groups is 1. The van der Waals surface area contributed by atoms with Crippen LogP contribution < -0.4 is 0 Å². The van der Waals surface area contributed by atoms with E-state index in [9.17, 15) is 5.11 Å². The Hall–Kier alpha value is -0.940. The van der Waals surface area contributed by atoms with Crippen LogP contribution in [0, 0.1) is 3.57 Å². The molecule has 0 aliphatic rings. The number of aromatic nitrogens is 1. The summed E-state index contributed by atoms with van der Waals surface area (Å²) in [4.78, 5) is 3.96.